The van der Waals surface area contributed by atoms with Crippen molar-refractivity contribution < 1.29 is 52.2 Å². The normalized spacial score (nSPS) is 14.6. The Morgan fingerprint density at radius 3 is 1.27 bits per heavy atom. The largest absolute Gasteiger partial charge is 0.472 e. The Bertz CT molecular complexity index is 1570. The topological polar surface area (TPSA) is 155 Å². The predicted molar refractivity (Wildman–Crippen MR) is 270 cm³/mol. The average Bonchev–Trinajstić information content (AvgIpc) is 3.30. The summed E-state index contributed by atoms with van der Waals surface area (Å²) in [5.41, 5.74) is 0. The first-order valence-corrected chi connectivity index (χ1v) is 25.9. The van der Waals surface area contributed by atoms with Gasteiger partial charge in [0.15, 0.2) is 6.10 Å². The highest BCUT2D eigenvalue weighted by atomic mass is 31.2. The highest BCUT2D eigenvalue weighted by Crippen LogP contribution is 2.43. The van der Waals surface area contributed by atoms with E-state index in [4.69, 9.17) is 23.3 Å². The molecule has 0 radical (unpaired) electrons. The van der Waals surface area contributed by atoms with Crippen molar-refractivity contribution >= 4 is 25.7 Å². The monoisotopic (exact) mass is 941 g/mol. The third-order valence-electron chi connectivity index (χ3n) is 9.36. The van der Waals surface area contributed by atoms with E-state index in [0.717, 1.165) is 96.3 Å². The lowest BCUT2D eigenvalue weighted by atomic mass is 10.1. The van der Waals surface area contributed by atoms with Gasteiger partial charge in [-0.05, 0) is 96.3 Å². The number of esters is 3. The molecule has 0 aromatic rings. The minimum atomic E-state index is -4.78. The summed E-state index contributed by atoms with van der Waals surface area (Å²) in [6, 6.07) is 0. The molecule has 0 fully saturated rings. The van der Waals surface area contributed by atoms with Crippen LogP contribution in [0, 0.1) is 0 Å². The fourth-order valence-electron chi connectivity index (χ4n) is 5.71. The molecule has 0 spiro atoms. The maximum atomic E-state index is 12.8. The standard InChI is InChI=1S/C54H85O11P/c1-4-7-10-13-16-19-22-25-28-31-34-37-40-43-52(56)61-47-51(65-54(58)45-42-39-36-33-30-27-24-21-18-15-12-9-6-3)49-63-66(59,60)62-48-50(46-55)64-53(57)44-41-38-35-32-29-26-23-20-17-14-11-8-5-2/h8-13,17-22,26-27,29-30,35-36,38-39,50-51,55H,4-7,14-16,23-25,28,31-34,37,40-49H2,1-3H3,(H,59,60)/b11-8-,12-9-,13-10-,20-17-,21-18-,22-19-,29-26-,30-27-,38-35-,39-36-. The summed E-state index contributed by atoms with van der Waals surface area (Å²) in [4.78, 5) is 48.1. The van der Waals surface area contributed by atoms with Gasteiger partial charge in [-0.3, -0.25) is 23.4 Å². The summed E-state index contributed by atoms with van der Waals surface area (Å²) < 4.78 is 39.1. The molecule has 2 N–H and O–H groups in total. The van der Waals surface area contributed by atoms with E-state index < -0.39 is 57.8 Å². The first-order chi connectivity index (χ1) is 32.2. The molecule has 66 heavy (non-hydrogen) atoms. The number of hydrogen-bond acceptors (Lipinski definition) is 10. The van der Waals surface area contributed by atoms with Crippen LogP contribution >= 0.6 is 7.82 Å². The first-order valence-electron chi connectivity index (χ1n) is 24.4. The molecule has 0 heterocycles. The van der Waals surface area contributed by atoms with E-state index in [-0.39, 0.29) is 25.9 Å². The van der Waals surface area contributed by atoms with Gasteiger partial charge in [0.05, 0.1) is 19.8 Å². The molecule has 0 aliphatic heterocycles. The Hall–Kier alpha value is -4.12. The van der Waals surface area contributed by atoms with Crippen molar-refractivity contribution in [2.45, 2.75) is 174 Å². The van der Waals surface area contributed by atoms with Gasteiger partial charge < -0.3 is 24.2 Å². The number of ether oxygens (including phenoxy) is 3. The van der Waals surface area contributed by atoms with E-state index in [2.05, 4.69) is 106 Å². The van der Waals surface area contributed by atoms with E-state index in [9.17, 15) is 28.9 Å². The number of carbonyl (C=O) groups is 3. The Balaban J connectivity index is 4.94. The summed E-state index contributed by atoms with van der Waals surface area (Å²) in [5, 5.41) is 9.74. The van der Waals surface area contributed by atoms with Crippen molar-refractivity contribution in [2.75, 3.05) is 26.4 Å². The molecule has 0 saturated carbocycles. The summed E-state index contributed by atoms with van der Waals surface area (Å²) >= 11 is 0. The smallest absolute Gasteiger partial charge is 0.462 e. The number of carbonyl (C=O) groups excluding carboxylic acids is 3. The molecule has 0 bridgehead atoms. The highest BCUT2D eigenvalue weighted by Gasteiger charge is 2.28. The Kier molecular flexibility index (Phi) is 44.4. The zero-order valence-corrected chi connectivity index (χ0v) is 41.5. The van der Waals surface area contributed by atoms with Crippen LogP contribution in [-0.2, 0) is 42.2 Å². The van der Waals surface area contributed by atoms with E-state index >= 15 is 0 Å². The first kappa shape index (κ1) is 61.9. The van der Waals surface area contributed by atoms with Crippen molar-refractivity contribution in [1.82, 2.24) is 0 Å². The average molecular weight is 941 g/mol. The summed E-state index contributed by atoms with van der Waals surface area (Å²) in [6.07, 6.45) is 56.4. The quantitative estimate of drug-likeness (QED) is 0.0197. The molecule has 0 amide bonds. The predicted octanol–water partition coefficient (Wildman–Crippen LogP) is 13.7. The second kappa shape index (κ2) is 47.4. The summed E-state index contributed by atoms with van der Waals surface area (Å²) in [6.45, 7) is 4.11. The molecule has 0 aromatic carbocycles. The lowest BCUT2D eigenvalue weighted by Crippen LogP contribution is -2.30. The Morgan fingerprint density at radius 1 is 0.439 bits per heavy atom. The Labute approximate surface area is 398 Å². The summed E-state index contributed by atoms with van der Waals surface area (Å²) in [7, 11) is -4.78. The zero-order valence-electron chi connectivity index (χ0n) is 40.6. The van der Waals surface area contributed by atoms with Gasteiger partial charge in [-0.2, -0.15) is 0 Å². The highest BCUT2D eigenvalue weighted by molar-refractivity contribution is 7.47. The van der Waals surface area contributed by atoms with Gasteiger partial charge in [-0.1, -0.05) is 168 Å². The van der Waals surface area contributed by atoms with Gasteiger partial charge in [-0.25, -0.2) is 4.57 Å². The molecular weight excluding hydrogens is 856 g/mol. The lowest BCUT2D eigenvalue weighted by molar-refractivity contribution is -0.161. The molecule has 0 aliphatic rings. The number of aliphatic hydroxyl groups is 1. The van der Waals surface area contributed by atoms with Gasteiger partial charge in [0.2, 0.25) is 0 Å². The van der Waals surface area contributed by atoms with Crippen LogP contribution in [0.3, 0.4) is 0 Å². The SMILES string of the molecule is CC/C=C\C/C=C\C/C=C\C/C=C\CCC(=O)OC(CO)COP(=O)(O)OCC(COC(=O)CCCCCCC/C=C\C/C=C\CCC)OC(=O)CC/C=C\C/C=C\C/C=C\C/C=C\CC. The van der Waals surface area contributed by atoms with Crippen molar-refractivity contribution in [1.29, 1.82) is 0 Å². The Morgan fingerprint density at radius 2 is 0.818 bits per heavy atom. The van der Waals surface area contributed by atoms with E-state index in [1.807, 2.05) is 36.5 Å². The van der Waals surface area contributed by atoms with E-state index in [0.29, 0.717) is 25.7 Å². The second-order valence-electron chi connectivity index (χ2n) is 15.5. The van der Waals surface area contributed by atoms with Crippen LogP contribution in [0.25, 0.3) is 0 Å². The maximum Gasteiger partial charge on any atom is 0.472 e. The van der Waals surface area contributed by atoms with Gasteiger partial charge in [0.1, 0.15) is 12.7 Å². The minimum absolute atomic E-state index is 0.0313. The minimum Gasteiger partial charge on any atom is -0.462 e. The summed E-state index contributed by atoms with van der Waals surface area (Å²) in [5.74, 6) is -1.69. The third kappa shape index (κ3) is 45.1. The molecule has 0 rings (SSSR count). The van der Waals surface area contributed by atoms with E-state index in [1.54, 1.807) is 0 Å². The van der Waals surface area contributed by atoms with Crippen LogP contribution in [0.5, 0.6) is 0 Å². The van der Waals surface area contributed by atoms with Crippen LogP contribution in [0.4, 0.5) is 0 Å². The molecule has 0 aromatic heterocycles. The number of aliphatic hydroxyl groups excluding tert-OH is 1. The lowest BCUT2D eigenvalue weighted by Gasteiger charge is -2.21. The number of phosphoric ester groups is 1. The maximum absolute atomic E-state index is 12.8. The number of unbranched alkanes of at least 4 members (excludes halogenated alkanes) is 6. The van der Waals surface area contributed by atoms with Gasteiger partial charge >= 0.3 is 25.7 Å². The zero-order chi connectivity index (χ0) is 48.4. The fourth-order valence-corrected chi connectivity index (χ4v) is 6.50. The van der Waals surface area contributed by atoms with Gasteiger partial charge in [0, 0.05) is 19.3 Å². The number of rotatable bonds is 43. The number of phosphoric acid groups is 1. The second-order valence-corrected chi connectivity index (χ2v) is 17.0. The molecule has 3 unspecified atom stereocenters. The van der Waals surface area contributed by atoms with Gasteiger partial charge in [0.25, 0.3) is 0 Å². The van der Waals surface area contributed by atoms with Crippen molar-refractivity contribution in [3.05, 3.63) is 122 Å². The van der Waals surface area contributed by atoms with Crippen LogP contribution in [0.15, 0.2) is 122 Å². The molecular formula is C54H85O11P. The number of hydrogen-bond donors (Lipinski definition) is 2. The van der Waals surface area contributed by atoms with Crippen LogP contribution in [0.2, 0.25) is 0 Å². The molecule has 12 heteroatoms. The van der Waals surface area contributed by atoms with Crippen LogP contribution in [0.1, 0.15) is 162 Å². The molecule has 0 aliphatic carbocycles. The van der Waals surface area contributed by atoms with E-state index in [1.165, 1.54) is 0 Å². The number of allylic oxidation sites excluding steroid dienone is 20. The fraction of sp³-hybridized carbons (Fsp3) is 0.574. The van der Waals surface area contributed by atoms with Crippen molar-refractivity contribution in [3.8, 4) is 0 Å². The molecule has 3 atom stereocenters. The van der Waals surface area contributed by atoms with Crippen LogP contribution in [-0.4, -0.2) is 66.5 Å². The third-order valence-corrected chi connectivity index (χ3v) is 10.3. The molecule has 372 valence electrons. The molecule has 11 nitrogen and oxygen atoms in total. The van der Waals surface area contributed by atoms with Crippen LogP contribution < -0.4 is 0 Å². The molecule has 0 saturated heterocycles. The van der Waals surface area contributed by atoms with Crippen molar-refractivity contribution in [2.24, 2.45) is 0 Å². The van der Waals surface area contributed by atoms with Gasteiger partial charge in [-0.15, -0.1) is 0 Å². The van der Waals surface area contributed by atoms with Crippen molar-refractivity contribution in [3.63, 3.8) is 0 Å².